The molecule has 1 heterocycles. The quantitative estimate of drug-likeness (QED) is 0.796. The SMILES string of the molecule is CC1CN(S(=O)(=O)c2ccc(CCl)c(Cl)c2)CC(C)O1. The summed E-state index contributed by atoms with van der Waals surface area (Å²) in [6, 6.07) is 4.65. The maximum Gasteiger partial charge on any atom is 0.243 e. The average Bonchev–Trinajstić information content (AvgIpc) is 2.37. The van der Waals surface area contributed by atoms with E-state index >= 15 is 0 Å². The normalized spacial score (nSPS) is 24.8. The fraction of sp³-hybridized carbons (Fsp3) is 0.538. The second-order valence-electron chi connectivity index (χ2n) is 4.97. The number of benzene rings is 1. The molecule has 0 bridgehead atoms. The van der Waals surface area contributed by atoms with Crippen molar-refractivity contribution in [2.45, 2.75) is 36.8 Å². The maximum atomic E-state index is 12.6. The van der Waals surface area contributed by atoms with Crippen LogP contribution in [0.1, 0.15) is 19.4 Å². The molecular weight excluding hydrogens is 321 g/mol. The van der Waals surface area contributed by atoms with Gasteiger partial charge in [-0.3, -0.25) is 0 Å². The zero-order valence-electron chi connectivity index (χ0n) is 11.3. The molecule has 1 aliphatic rings. The van der Waals surface area contributed by atoms with Crippen molar-refractivity contribution >= 4 is 33.2 Å². The van der Waals surface area contributed by atoms with E-state index in [1.165, 1.54) is 10.4 Å². The average molecular weight is 338 g/mol. The van der Waals surface area contributed by atoms with Crippen molar-refractivity contribution in [2.75, 3.05) is 13.1 Å². The Hall–Kier alpha value is -0.330. The summed E-state index contributed by atoms with van der Waals surface area (Å²) in [5.74, 6) is 0.255. The highest BCUT2D eigenvalue weighted by molar-refractivity contribution is 7.89. The summed E-state index contributed by atoms with van der Waals surface area (Å²) < 4.78 is 32.2. The maximum absolute atomic E-state index is 12.6. The molecule has 7 heteroatoms. The first-order valence-electron chi connectivity index (χ1n) is 6.34. The van der Waals surface area contributed by atoms with Crippen LogP contribution >= 0.6 is 23.2 Å². The van der Waals surface area contributed by atoms with E-state index in [1.54, 1.807) is 12.1 Å². The van der Waals surface area contributed by atoms with E-state index in [1.807, 2.05) is 13.8 Å². The van der Waals surface area contributed by atoms with Gasteiger partial charge in [0.05, 0.1) is 17.1 Å². The first kappa shape index (κ1) is 16.0. The Morgan fingerprint density at radius 1 is 1.30 bits per heavy atom. The smallest absolute Gasteiger partial charge is 0.243 e. The van der Waals surface area contributed by atoms with Gasteiger partial charge < -0.3 is 4.74 Å². The van der Waals surface area contributed by atoms with Crippen LogP contribution in [0.2, 0.25) is 5.02 Å². The summed E-state index contributed by atoms with van der Waals surface area (Å²) in [4.78, 5) is 0.192. The number of rotatable bonds is 3. The third-order valence-electron chi connectivity index (χ3n) is 3.19. The minimum Gasteiger partial charge on any atom is -0.373 e. The lowest BCUT2D eigenvalue weighted by Crippen LogP contribution is -2.48. The highest BCUT2D eigenvalue weighted by Gasteiger charge is 2.32. The van der Waals surface area contributed by atoms with E-state index in [9.17, 15) is 8.42 Å². The van der Waals surface area contributed by atoms with Crippen molar-refractivity contribution < 1.29 is 13.2 Å². The van der Waals surface area contributed by atoms with Crippen molar-refractivity contribution in [2.24, 2.45) is 0 Å². The van der Waals surface area contributed by atoms with E-state index < -0.39 is 10.0 Å². The molecule has 1 aromatic carbocycles. The van der Waals surface area contributed by atoms with Gasteiger partial charge in [0.25, 0.3) is 0 Å². The molecule has 0 saturated carbocycles. The molecule has 0 N–H and O–H groups in total. The van der Waals surface area contributed by atoms with Crippen LogP contribution in [0.5, 0.6) is 0 Å². The third-order valence-corrected chi connectivity index (χ3v) is 5.66. The van der Waals surface area contributed by atoms with Crippen LogP contribution in [0.3, 0.4) is 0 Å². The number of sulfonamides is 1. The van der Waals surface area contributed by atoms with Crippen molar-refractivity contribution in [1.29, 1.82) is 0 Å². The van der Waals surface area contributed by atoms with Gasteiger partial charge in [0.1, 0.15) is 0 Å². The Morgan fingerprint density at radius 3 is 2.40 bits per heavy atom. The first-order valence-corrected chi connectivity index (χ1v) is 8.70. The number of hydrogen-bond acceptors (Lipinski definition) is 3. The van der Waals surface area contributed by atoms with E-state index in [0.717, 1.165) is 5.56 Å². The lowest BCUT2D eigenvalue weighted by atomic mass is 10.2. The topological polar surface area (TPSA) is 46.6 Å². The minimum atomic E-state index is -3.55. The van der Waals surface area contributed by atoms with Gasteiger partial charge in [-0.1, -0.05) is 17.7 Å². The van der Waals surface area contributed by atoms with Gasteiger partial charge >= 0.3 is 0 Å². The summed E-state index contributed by atoms with van der Waals surface area (Å²) in [7, 11) is -3.55. The molecule has 0 amide bonds. The lowest BCUT2D eigenvalue weighted by molar-refractivity contribution is -0.0440. The molecule has 2 unspecified atom stereocenters. The van der Waals surface area contributed by atoms with Crippen molar-refractivity contribution in [3.05, 3.63) is 28.8 Å². The molecule has 1 aliphatic heterocycles. The zero-order valence-corrected chi connectivity index (χ0v) is 13.7. The minimum absolute atomic E-state index is 0.119. The van der Waals surface area contributed by atoms with Crippen LogP contribution in [0, 0.1) is 0 Å². The second kappa shape index (κ2) is 6.20. The molecule has 1 saturated heterocycles. The number of morpholine rings is 1. The Morgan fingerprint density at radius 2 is 1.90 bits per heavy atom. The Bertz CT molecular complexity index is 581. The van der Waals surface area contributed by atoms with Crippen molar-refractivity contribution in [3.63, 3.8) is 0 Å². The highest BCUT2D eigenvalue weighted by atomic mass is 35.5. The van der Waals surface area contributed by atoms with Gasteiger partial charge in [0.2, 0.25) is 10.0 Å². The van der Waals surface area contributed by atoms with Crippen LogP contribution in [-0.4, -0.2) is 38.0 Å². The van der Waals surface area contributed by atoms with Crippen LogP contribution in [0.15, 0.2) is 23.1 Å². The summed E-state index contributed by atoms with van der Waals surface area (Å²) in [5.41, 5.74) is 0.719. The molecule has 1 aromatic rings. The molecular formula is C13H17Cl2NO3S. The fourth-order valence-corrected chi connectivity index (χ4v) is 4.50. The Kier molecular flexibility index (Phi) is 4.97. The molecule has 4 nitrogen and oxygen atoms in total. The fourth-order valence-electron chi connectivity index (χ4n) is 2.27. The van der Waals surface area contributed by atoms with Crippen molar-refractivity contribution in [1.82, 2.24) is 4.31 Å². The monoisotopic (exact) mass is 337 g/mol. The Balaban J connectivity index is 2.32. The zero-order chi connectivity index (χ0) is 14.9. The molecule has 0 spiro atoms. The standard InChI is InChI=1S/C13H17Cl2NO3S/c1-9-7-16(8-10(2)19-9)20(17,18)12-4-3-11(6-14)13(15)5-12/h3-5,9-10H,6-8H2,1-2H3. The molecule has 20 heavy (non-hydrogen) atoms. The van der Waals surface area contributed by atoms with Crippen molar-refractivity contribution in [3.8, 4) is 0 Å². The van der Waals surface area contributed by atoms with E-state index in [4.69, 9.17) is 27.9 Å². The van der Waals surface area contributed by atoms with Gasteiger partial charge in [0, 0.05) is 24.0 Å². The summed E-state index contributed by atoms with van der Waals surface area (Å²) in [6.45, 7) is 4.42. The van der Waals surface area contributed by atoms with Gasteiger partial charge in [-0.15, -0.1) is 11.6 Å². The number of alkyl halides is 1. The van der Waals surface area contributed by atoms with E-state index in [-0.39, 0.29) is 23.0 Å². The molecule has 0 aliphatic carbocycles. The largest absolute Gasteiger partial charge is 0.373 e. The molecule has 1 fully saturated rings. The first-order chi connectivity index (χ1) is 9.34. The third kappa shape index (κ3) is 3.28. The van der Waals surface area contributed by atoms with Gasteiger partial charge in [-0.2, -0.15) is 4.31 Å². The molecule has 2 rings (SSSR count). The number of ether oxygens (including phenoxy) is 1. The number of nitrogens with zero attached hydrogens (tertiary/aromatic N) is 1. The summed E-state index contributed by atoms with van der Waals surface area (Å²) in [6.07, 6.45) is -0.239. The predicted octanol–water partition coefficient (Wildman–Crippen LogP) is 2.88. The number of hydrogen-bond donors (Lipinski definition) is 0. The highest BCUT2D eigenvalue weighted by Crippen LogP contribution is 2.26. The lowest BCUT2D eigenvalue weighted by Gasteiger charge is -2.34. The van der Waals surface area contributed by atoms with Gasteiger partial charge in [-0.25, -0.2) is 8.42 Å². The predicted molar refractivity (Wildman–Crippen MR) is 79.8 cm³/mol. The second-order valence-corrected chi connectivity index (χ2v) is 7.58. The molecule has 112 valence electrons. The van der Waals surface area contributed by atoms with Crippen LogP contribution < -0.4 is 0 Å². The van der Waals surface area contributed by atoms with Gasteiger partial charge in [0.15, 0.2) is 0 Å². The van der Waals surface area contributed by atoms with Crippen LogP contribution in [0.25, 0.3) is 0 Å². The van der Waals surface area contributed by atoms with Crippen LogP contribution in [0.4, 0.5) is 0 Å². The summed E-state index contributed by atoms with van der Waals surface area (Å²) in [5, 5.41) is 0.371. The Labute approximate surface area is 129 Å². The molecule has 2 atom stereocenters. The van der Waals surface area contributed by atoms with Crippen LogP contribution in [-0.2, 0) is 20.6 Å². The number of halogens is 2. The van der Waals surface area contributed by atoms with E-state index in [0.29, 0.717) is 18.1 Å². The molecule has 0 aromatic heterocycles. The van der Waals surface area contributed by atoms with Gasteiger partial charge in [-0.05, 0) is 31.5 Å². The van der Waals surface area contributed by atoms with E-state index in [2.05, 4.69) is 0 Å². The summed E-state index contributed by atoms with van der Waals surface area (Å²) >= 11 is 11.8. The molecule has 0 radical (unpaired) electrons.